The molecule has 0 fully saturated rings. The normalized spacial score (nSPS) is 12.9. The first-order valence-corrected chi connectivity index (χ1v) is 8.27. The second-order valence-electron chi connectivity index (χ2n) is 4.43. The smallest absolute Gasteiger partial charge is 0.241 e. The number of rotatable bonds is 8. The van der Waals surface area contributed by atoms with E-state index in [1.807, 2.05) is 0 Å². The van der Waals surface area contributed by atoms with Gasteiger partial charge >= 0.3 is 0 Å². The third kappa shape index (κ3) is 6.01. The fraction of sp³-hybridized carbons (Fsp3) is 0.462. The number of benzene rings is 1. The number of sulfonamides is 1. The molecule has 0 unspecified atom stereocenters. The number of halogens is 1. The zero-order valence-corrected chi connectivity index (χ0v) is 13.5. The van der Waals surface area contributed by atoms with Gasteiger partial charge < -0.3 is 10.1 Å². The van der Waals surface area contributed by atoms with Crippen molar-refractivity contribution in [1.29, 1.82) is 0 Å². The van der Waals surface area contributed by atoms with E-state index in [1.54, 1.807) is 7.11 Å². The van der Waals surface area contributed by atoms with Gasteiger partial charge in [0.05, 0.1) is 10.9 Å². The molecule has 1 aromatic rings. The van der Waals surface area contributed by atoms with Crippen molar-refractivity contribution in [1.82, 2.24) is 10.0 Å². The average Bonchev–Trinajstić information content (AvgIpc) is 2.43. The zero-order chi connectivity index (χ0) is 15.9. The Morgan fingerprint density at radius 2 is 1.95 bits per heavy atom. The van der Waals surface area contributed by atoms with Gasteiger partial charge in [0.25, 0.3) is 0 Å². The summed E-state index contributed by atoms with van der Waals surface area (Å²) < 4.78 is 31.3. The van der Waals surface area contributed by atoms with Gasteiger partial charge in [-0.3, -0.25) is 4.79 Å². The molecule has 0 saturated heterocycles. The molecule has 0 aliphatic carbocycles. The van der Waals surface area contributed by atoms with Crippen molar-refractivity contribution in [2.75, 3.05) is 20.3 Å². The Balaban J connectivity index is 2.58. The highest BCUT2D eigenvalue weighted by Gasteiger charge is 2.21. The Hall–Kier alpha value is -1.15. The SMILES string of the molecule is COCCCNC(=O)[C@@H](C)NS(=O)(=O)c1ccc(Cl)cc1. The number of ether oxygens (including phenoxy) is 1. The average molecular weight is 335 g/mol. The van der Waals surface area contributed by atoms with E-state index in [9.17, 15) is 13.2 Å². The van der Waals surface area contributed by atoms with Crippen LogP contribution in [0.3, 0.4) is 0 Å². The van der Waals surface area contributed by atoms with Crippen molar-refractivity contribution in [3.05, 3.63) is 29.3 Å². The number of hydrogen-bond acceptors (Lipinski definition) is 4. The van der Waals surface area contributed by atoms with Crippen LogP contribution in [0.15, 0.2) is 29.2 Å². The highest BCUT2D eigenvalue weighted by molar-refractivity contribution is 7.89. The lowest BCUT2D eigenvalue weighted by Gasteiger charge is -2.14. The molecule has 0 radical (unpaired) electrons. The lowest BCUT2D eigenvalue weighted by molar-refractivity contribution is -0.122. The Bertz CT molecular complexity index is 560. The fourth-order valence-electron chi connectivity index (χ4n) is 1.55. The number of nitrogens with one attached hydrogen (secondary N) is 2. The Kier molecular flexibility index (Phi) is 7.10. The van der Waals surface area contributed by atoms with Gasteiger partial charge in [-0.05, 0) is 37.6 Å². The number of methoxy groups -OCH3 is 1. The van der Waals surface area contributed by atoms with Crippen LogP contribution < -0.4 is 10.0 Å². The van der Waals surface area contributed by atoms with Crippen LogP contribution in [0.5, 0.6) is 0 Å². The van der Waals surface area contributed by atoms with Crippen LogP contribution in [-0.2, 0) is 19.6 Å². The van der Waals surface area contributed by atoms with E-state index < -0.39 is 16.1 Å². The molecule has 0 bridgehead atoms. The van der Waals surface area contributed by atoms with E-state index >= 15 is 0 Å². The molecule has 8 heteroatoms. The van der Waals surface area contributed by atoms with Gasteiger partial charge in [-0.2, -0.15) is 4.72 Å². The van der Waals surface area contributed by atoms with E-state index in [2.05, 4.69) is 10.0 Å². The summed E-state index contributed by atoms with van der Waals surface area (Å²) in [5.41, 5.74) is 0. The van der Waals surface area contributed by atoms with Crippen LogP contribution in [0.4, 0.5) is 0 Å². The summed E-state index contributed by atoms with van der Waals surface area (Å²) in [6, 6.07) is 4.85. The summed E-state index contributed by atoms with van der Waals surface area (Å²) in [7, 11) is -2.18. The molecule has 1 rings (SSSR count). The number of carbonyl (C=O) groups excluding carboxylic acids is 1. The lowest BCUT2D eigenvalue weighted by atomic mass is 10.3. The molecule has 0 aromatic heterocycles. The molecule has 1 aromatic carbocycles. The Morgan fingerprint density at radius 1 is 1.33 bits per heavy atom. The number of amides is 1. The van der Waals surface area contributed by atoms with Gasteiger partial charge in [0.15, 0.2) is 0 Å². The van der Waals surface area contributed by atoms with Gasteiger partial charge in [0.1, 0.15) is 0 Å². The third-order valence-electron chi connectivity index (χ3n) is 2.67. The fourth-order valence-corrected chi connectivity index (χ4v) is 2.88. The van der Waals surface area contributed by atoms with Gasteiger partial charge in [0, 0.05) is 25.3 Å². The van der Waals surface area contributed by atoms with Crippen LogP contribution in [0, 0.1) is 0 Å². The topological polar surface area (TPSA) is 84.5 Å². The van der Waals surface area contributed by atoms with Crippen LogP contribution >= 0.6 is 11.6 Å². The molecular formula is C13H19ClN2O4S. The Labute approximate surface area is 129 Å². The molecule has 118 valence electrons. The minimum absolute atomic E-state index is 0.0610. The first kappa shape index (κ1) is 17.9. The largest absolute Gasteiger partial charge is 0.385 e. The maximum atomic E-state index is 12.1. The molecule has 1 amide bonds. The minimum atomic E-state index is -3.75. The van der Waals surface area contributed by atoms with E-state index in [-0.39, 0.29) is 10.8 Å². The molecule has 6 nitrogen and oxygen atoms in total. The van der Waals surface area contributed by atoms with E-state index in [0.29, 0.717) is 24.6 Å². The number of hydrogen-bond donors (Lipinski definition) is 2. The molecule has 1 atom stereocenters. The lowest BCUT2D eigenvalue weighted by Crippen LogP contribution is -2.45. The predicted octanol–water partition coefficient (Wildman–Crippen LogP) is 1.16. The first-order valence-electron chi connectivity index (χ1n) is 6.41. The van der Waals surface area contributed by atoms with Crippen molar-refractivity contribution in [3.63, 3.8) is 0 Å². The molecule has 21 heavy (non-hydrogen) atoms. The Morgan fingerprint density at radius 3 is 2.52 bits per heavy atom. The second kappa shape index (κ2) is 8.33. The molecule has 0 saturated carbocycles. The van der Waals surface area contributed by atoms with Gasteiger partial charge in [0.2, 0.25) is 15.9 Å². The molecule has 0 aliphatic heterocycles. The summed E-state index contributed by atoms with van der Waals surface area (Å²) in [5, 5.41) is 3.08. The van der Waals surface area contributed by atoms with Crippen molar-refractivity contribution >= 4 is 27.5 Å². The second-order valence-corrected chi connectivity index (χ2v) is 6.58. The maximum absolute atomic E-state index is 12.1. The molecule has 0 spiro atoms. The first-order chi connectivity index (χ1) is 9.86. The van der Waals surface area contributed by atoms with Crippen LogP contribution in [0.1, 0.15) is 13.3 Å². The zero-order valence-electron chi connectivity index (χ0n) is 11.9. The van der Waals surface area contributed by atoms with Crippen LogP contribution in [0.25, 0.3) is 0 Å². The molecule has 0 aliphatic rings. The number of carbonyl (C=O) groups is 1. The summed E-state index contributed by atoms with van der Waals surface area (Å²) in [5.74, 6) is -0.386. The van der Waals surface area contributed by atoms with Crippen LogP contribution in [0.2, 0.25) is 5.02 Å². The predicted molar refractivity (Wildman–Crippen MR) is 80.7 cm³/mol. The van der Waals surface area contributed by atoms with Gasteiger partial charge in [-0.25, -0.2) is 8.42 Å². The van der Waals surface area contributed by atoms with Gasteiger partial charge in [-0.1, -0.05) is 11.6 Å². The summed E-state index contributed by atoms with van der Waals surface area (Å²) >= 11 is 5.71. The third-order valence-corrected chi connectivity index (χ3v) is 4.48. The quantitative estimate of drug-likeness (QED) is 0.699. The van der Waals surface area contributed by atoms with E-state index in [0.717, 1.165) is 0 Å². The minimum Gasteiger partial charge on any atom is -0.385 e. The van der Waals surface area contributed by atoms with E-state index in [1.165, 1.54) is 31.2 Å². The monoisotopic (exact) mass is 334 g/mol. The molecule has 0 heterocycles. The summed E-state index contributed by atoms with van der Waals surface area (Å²) in [6.07, 6.45) is 0.666. The van der Waals surface area contributed by atoms with E-state index in [4.69, 9.17) is 16.3 Å². The summed E-state index contributed by atoms with van der Waals surface area (Å²) in [6.45, 7) is 2.45. The standard InChI is InChI=1S/C13H19ClN2O4S/c1-10(13(17)15-8-3-9-20-2)16-21(18,19)12-6-4-11(14)5-7-12/h4-7,10,16H,3,8-9H2,1-2H3,(H,15,17)/t10-/m1/s1. The van der Waals surface area contributed by atoms with Crippen molar-refractivity contribution in [3.8, 4) is 0 Å². The highest BCUT2D eigenvalue weighted by atomic mass is 35.5. The van der Waals surface area contributed by atoms with Crippen LogP contribution in [-0.4, -0.2) is 40.6 Å². The maximum Gasteiger partial charge on any atom is 0.241 e. The van der Waals surface area contributed by atoms with Crippen molar-refractivity contribution < 1.29 is 17.9 Å². The van der Waals surface area contributed by atoms with Crippen molar-refractivity contribution in [2.45, 2.75) is 24.3 Å². The summed E-state index contributed by atoms with van der Waals surface area (Å²) in [4.78, 5) is 11.8. The molecule has 2 N–H and O–H groups in total. The highest BCUT2D eigenvalue weighted by Crippen LogP contribution is 2.14. The molecular weight excluding hydrogens is 316 g/mol. The van der Waals surface area contributed by atoms with Gasteiger partial charge in [-0.15, -0.1) is 0 Å². The van der Waals surface area contributed by atoms with Crippen molar-refractivity contribution in [2.24, 2.45) is 0 Å².